The number of rotatable bonds is 7. The van der Waals surface area contributed by atoms with Gasteiger partial charge in [-0.1, -0.05) is 38.1 Å². The van der Waals surface area contributed by atoms with E-state index in [1.54, 1.807) is 10.7 Å². The average Bonchev–Trinajstić information content (AvgIpc) is 3.47. The molecule has 0 atom stereocenters. The van der Waals surface area contributed by atoms with E-state index in [4.69, 9.17) is 15.5 Å². The first-order valence-corrected chi connectivity index (χ1v) is 15.3. The van der Waals surface area contributed by atoms with Gasteiger partial charge in [-0.3, -0.25) is 10.2 Å². The molecule has 2 aromatic heterocycles. The molecule has 0 radical (unpaired) electrons. The maximum Gasteiger partial charge on any atom is 0.411 e. The number of hydrogen-bond acceptors (Lipinski definition) is 8. The highest BCUT2D eigenvalue weighted by atomic mass is 16.5. The quantitative estimate of drug-likeness (QED) is 0.312. The van der Waals surface area contributed by atoms with Gasteiger partial charge in [-0.15, -0.1) is 0 Å². The molecule has 6 rings (SSSR count). The number of anilines is 3. The van der Waals surface area contributed by atoms with Crippen LogP contribution >= 0.6 is 0 Å². The molecule has 0 saturated carbocycles. The maximum atomic E-state index is 12.0. The number of carbonyl (C=O) groups is 1. The molecule has 2 saturated heterocycles. The van der Waals surface area contributed by atoms with E-state index in [0.29, 0.717) is 23.8 Å². The van der Waals surface area contributed by atoms with Crippen molar-refractivity contribution in [2.75, 3.05) is 68.9 Å². The summed E-state index contributed by atoms with van der Waals surface area (Å²) in [6, 6.07) is 16.9. The van der Waals surface area contributed by atoms with Crippen molar-refractivity contribution in [1.29, 1.82) is 0 Å². The first-order chi connectivity index (χ1) is 20.9. The molecule has 2 aromatic carbocycles. The minimum absolute atomic E-state index is 0.279. The molecule has 2 aliphatic heterocycles. The second-order valence-electron chi connectivity index (χ2n) is 12.1. The summed E-state index contributed by atoms with van der Waals surface area (Å²) in [6.45, 7) is 11.1. The molecule has 0 spiro atoms. The number of likely N-dealkylation sites (tertiary alicyclic amines) is 1. The van der Waals surface area contributed by atoms with Crippen LogP contribution in [-0.4, -0.2) is 89.5 Å². The molecule has 1 amide bonds. The van der Waals surface area contributed by atoms with E-state index in [1.807, 2.05) is 44.3 Å². The van der Waals surface area contributed by atoms with Gasteiger partial charge in [0.25, 0.3) is 0 Å². The fourth-order valence-corrected chi connectivity index (χ4v) is 6.06. The Morgan fingerprint density at radius 2 is 1.58 bits per heavy atom. The zero-order valence-corrected chi connectivity index (χ0v) is 25.4. The number of nitrogens with zero attached hydrogens (tertiary/aromatic N) is 6. The number of nitrogens with one attached hydrogen (secondary N) is 1. The lowest BCUT2D eigenvalue weighted by atomic mass is 10.0. The molecule has 0 bridgehead atoms. The van der Waals surface area contributed by atoms with Gasteiger partial charge in [0.15, 0.2) is 5.65 Å². The summed E-state index contributed by atoms with van der Waals surface area (Å²) in [5, 5.41) is 7.33. The predicted molar refractivity (Wildman–Crippen MR) is 172 cm³/mol. The fraction of sp³-hybridized carbons (Fsp3) is 0.424. The van der Waals surface area contributed by atoms with Crippen LogP contribution in [0.5, 0.6) is 0 Å². The third kappa shape index (κ3) is 6.45. The van der Waals surface area contributed by atoms with Crippen molar-refractivity contribution in [2.45, 2.75) is 32.7 Å². The Morgan fingerprint density at radius 1 is 0.930 bits per heavy atom. The van der Waals surface area contributed by atoms with E-state index in [2.05, 4.69) is 56.4 Å². The lowest BCUT2D eigenvalue weighted by Gasteiger charge is -2.42. The summed E-state index contributed by atoms with van der Waals surface area (Å²) in [6.07, 6.45) is 5.71. The Labute approximate surface area is 253 Å². The number of fused-ring (bicyclic) bond motifs is 1. The highest BCUT2D eigenvalue weighted by Gasteiger charge is 2.26. The van der Waals surface area contributed by atoms with Gasteiger partial charge in [0.05, 0.1) is 12.8 Å². The summed E-state index contributed by atoms with van der Waals surface area (Å²) >= 11 is 0. The van der Waals surface area contributed by atoms with E-state index in [9.17, 15) is 4.79 Å². The van der Waals surface area contributed by atoms with Gasteiger partial charge in [0.2, 0.25) is 0 Å². The number of nitrogen functional groups attached to an aromatic ring is 1. The normalized spacial score (nSPS) is 17.1. The molecule has 0 unspecified atom stereocenters. The largest absolute Gasteiger partial charge is 0.449 e. The number of amides is 1. The lowest BCUT2D eigenvalue weighted by Crippen LogP contribution is -2.52. The number of carbonyl (C=O) groups excluding carboxylic acids is 1. The van der Waals surface area contributed by atoms with Gasteiger partial charge >= 0.3 is 6.09 Å². The average molecular weight is 583 g/mol. The number of ether oxygens (including phenoxy) is 1. The van der Waals surface area contributed by atoms with Gasteiger partial charge in [-0.2, -0.15) is 9.61 Å². The highest BCUT2D eigenvalue weighted by Crippen LogP contribution is 2.32. The van der Waals surface area contributed by atoms with Crippen molar-refractivity contribution < 1.29 is 9.53 Å². The van der Waals surface area contributed by atoms with Crippen LogP contribution in [0.2, 0.25) is 0 Å². The molecule has 10 nitrogen and oxygen atoms in total. The van der Waals surface area contributed by atoms with E-state index in [-0.39, 0.29) is 5.92 Å². The Kier molecular flexibility index (Phi) is 8.49. The van der Waals surface area contributed by atoms with Crippen LogP contribution in [0.1, 0.15) is 26.7 Å². The van der Waals surface area contributed by atoms with E-state index < -0.39 is 6.09 Å². The predicted octanol–water partition coefficient (Wildman–Crippen LogP) is 5.07. The Balaban J connectivity index is 1.11. The molecule has 10 heteroatoms. The van der Waals surface area contributed by atoms with Crippen molar-refractivity contribution in [3.63, 3.8) is 0 Å². The standard InChI is InChI=1S/C33H42N8O2/c1-23(2)22-43-33(42)37-26-8-4-24(5-9-26)29-20-35-32-30(21-36-41(32)31(29)34)25-6-10-27(11-7-25)39-16-18-40(19-17-39)28-12-14-38(3)15-13-28/h4-11,20-21,23,28H,12-19,22,34H2,1-3H3,(H,37,42). The third-order valence-electron chi connectivity index (χ3n) is 8.62. The van der Waals surface area contributed by atoms with Gasteiger partial charge in [-0.25, -0.2) is 9.78 Å². The SMILES string of the molecule is CC(C)COC(=O)Nc1ccc(-c2cnc3c(-c4ccc(N5CCN(C6CCN(C)CC6)CC5)cc4)cnn3c2N)cc1. The number of aromatic nitrogens is 3. The molecule has 2 aliphatic rings. The monoisotopic (exact) mass is 582 g/mol. The molecule has 4 aromatic rings. The molecule has 0 aliphatic carbocycles. The Morgan fingerprint density at radius 3 is 2.26 bits per heavy atom. The highest BCUT2D eigenvalue weighted by molar-refractivity contribution is 5.86. The Hall–Kier alpha value is -4.15. The van der Waals surface area contributed by atoms with Crippen LogP contribution in [0.15, 0.2) is 60.9 Å². The van der Waals surface area contributed by atoms with Crippen LogP contribution in [0.4, 0.5) is 22.0 Å². The van der Waals surface area contributed by atoms with Crippen LogP contribution in [0.25, 0.3) is 27.9 Å². The first kappa shape index (κ1) is 28.9. The van der Waals surface area contributed by atoms with E-state index in [0.717, 1.165) is 54.5 Å². The molecule has 2 fully saturated rings. The smallest absolute Gasteiger partial charge is 0.411 e. The van der Waals surface area contributed by atoms with E-state index >= 15 is 0 Å². The second kappa shape index (κ2) is 12.6. The van der Waals surface area contributed by atoms with Gasteiger partial charge in [-0.05, 0) is 74.3 Å². The van der Waals surface area contributed by atoms with Crippen molar-refractivity contribution in [3.8, 4) is 22.3 Å². The van der Waals surface area contributed by atoms with Gasteiger partial charge < -0.3 is 20.3 Å². The summed E-state index contributed by atoms with van der Waals surface area (Å²) in [4.78, 5) is 24.4. The van der Waals surface area contributed by atoms with Crippen molar-refractivity contribution in [2.24, 2.45) is 5.92 Å². The molecule has 3 N–H and O–H groups in total. The molecular weight excluding hydrogens is 540 g/mol. The number of nitrogens with two attached hydrogens (primary N) is 1. The number of piperazine rings is 1. The lowest BCUT2D eigenvalue weighted by molar-refractivity contribution is 0.115. The van der Waals surface area contributed by atoms with Crippen LogP contribution in [-0.2, 0) is 4.74 Å². The third-order valence-corrected chi connectivity index (χ3v) is 8.62. The van der Waals surface area contributed by atoms with Gasteiger partial charge in [0, 0.05) is 60.9 Å². The fourth-order valence-electron chi connectivity index (χ4n) is 6.06. The van der Waals surface area contributed by atoms with Crippen LogP contribution in [0, 0.1) is 5.92 Å². The Bertz CT molecular complexity index is 1530. The summed E-state index contributed by atoms with van der Waals surface area (Å²) < 4.78 is 6.89. The maximum absolute atomic E-state index is 12.0. The topological polar surface area (TPSA) is 104 Å². The molecule has 43 heavy (non-hydrogen) atoms. The van der Waals surface area contributed by atoms with Crippen molar-refractivity contribution >= 4 is 28.9 Å². The molecule has 226 valence electrons. The van der Waals surface area contributed by atoms with Crippen molar-refractivity contribution in [1.82, 2.24) is 24.4 Å². The van der Waals surface area contributed by atoms with E-state index in [1.165, 1.54) is 31.6 Å². The molecular formula is C33H42N8O2. The number of benzene rings is 2. The van der Waals surface area contributed by atoms with Crippen LogP contribution in [0.3, 0.4) is 0 Å². The summed E-state index contributed by atoms with van der Waals surface area (Å²) in [5.41, 5.74) is 12.8. The minimum Gasteiger partial charge on any atom is -0.449 e. The molecule has 4 heterocycles. The van der Waals surface area contributed by atoms with Gasteiger partial charge in [0.1, 0.15) is 5.82 Å². The summed E-state index contributed by atoms with van der Waals surface area (Å²) in [5.74, 6) is 0.785. The zero-order chi connectivity index (χ0) is 29.9. The number of hydrogen-bond donors (Lipinski definition) is 2. The zero-order valence-electron chi connectivity index (χ0n) is 25.4. The van der Waals surface area contributed by atoms with Crippen molar-refractivity contribution in [3.05, 3.63) is 60.9 Å². The minimum atomic E-state index is -0.466. The first-order valence-electron chi connectivity index (χ1n) is 15.3. The summed E-state index contributed by atoms with van der Waals surface area (Å²) in [7, 11) is 2.23. The second-order valence-corrected chi connectivity index (χ2v) is 12.1. The number of piperidine rings is 1. The van der Waals surface area contributed by atoms with Crippen LogP contribution < -0.4 is 16.0 Å².